The molecule has 0 radical (unpaired) electrons. The van der Waals surface area contributed by atoms with Gasteiger partial charge in [-0.25, -0.2) is 0 Å². The average Bonchev–Trinajstić information content (AvgIpc) is 3.30. The number of esters is 3. The molecule has 0 saturated carbocycles. The highest BCUT2D eigenvalue weighted by atomic mass is 16.6. The smallest absolute Gasteiger partial charge is 0.306 e. The summed E-state index contributed by atoms with van der Waals surface area (Å²) >= 11 is 0. The average molecular weight is 911 g/mol. The van der Waals surface area contributed by atoms with E-state index >= 15 is 0 Å². The second kappa shape index (κ2) is 54.0. The van der Waals surface area contributed by atoms with Crippen LogP contribution >= 0.6 is 0 Å². The summed E-state index contributed by atoms with van der Waals surface area (Å²) in [6.07, 6.45) is 65.2. The Hall–Kier alpha value is -2.63. The Morgan fingerprint density at radius 2 is 0.554 bits per heavy atom. The van der Waals surface area contributed by atoms with Crippen molar-refractivity contribution in [2.45, 2.75) is 297 Å². The molecule has 1 atom stereocenters. The molecule has 0 rings (SSSR count). The highest BCUT2D eigenvalue weighted by Crippen LogP contribution is 2.15. The lowest BCUT2D eigenvalue weighted by atomic mass is 10.1. The maximum atomic E-state index is 12.8. The normalized spacial score (nSPS) is 12.4. The third-order valence-electron chi connectivity index (χ3n) is 12.3. The fraction of sp³-hybridized carbons (Fsp3) is 0.814. The van der Waals surface area contributed by atoms with E-state index in [1.807, 2.05) is 0 Å². The van der Waals surface area contributed by atoms with Crippen molar-refractivity contribution in [2.75, 3.05) is 13.2 Å². The van der Waals surface area contributed by atoms with Crippen LogP contribution in [0.25, 0.3) is 0 Å². The minimum Gasteiger partial charge on any atom is -0.462 e. The Morgan fingerprint density at radius 3 is 0.908 bits per heavy atom. The van der Waals surface area contributed by atoms with Crippen molar-refractivity contribution >= 4 is 17.9 Å². The van der Waals surface area contributed by atoms with Crippen LogP contribution in [0.4, 0.5) is 0 Å². The molecule has 0 aromatic rings. The Balaban J connectivity index is 4.36. The maximum absolute atomic E-state index is 12.8. The first-order valence-corrected chi connectivity index (χ1v) is 28.1. The molecular weight excluding hydrogens is 805 g/mol. The first-order valence-electron chi connectivity index (χ1n) is 28.1. The van der Waals surface area contributed by atoms with Gasteiger partial charge in [0.05, 0.1) is 0 Å². The van der Waals surface area contributed by atoms with Crippen molar-refractivity contribution in [3.8, 4) is 0 Å². The van der Waals surface area contributed by atoms with Gasteiger partial charge in [0.25, 0.3) is 0 Å². The first kappa shape index (κ1) is 62.4. The highest BCUT2D eigenvalue weighted by Gasteiger charge is 2.19. The van der Waals surface area contributed by atoms with Crippen LogP contribution in [-0.2, 0) is 28.6 Å². The standard InChI is InChI=1S/C59H106O6/c1-4-7-10-13-16-19-22-25-27-29-30-31-33-34-37-40-43-46-49-52-58(61)64-55-56(54-63-57(60)51-48-45-42-39-36-24-21-18-15-12-9-6-3)65-59(62)53-50-47-44-41-38-35-32-28-26-23-20-17-14-11-8-5-2/h18,20-21,23,25,27-28,32,56H,4-17,19,22,24,26,29-31,33-55H2,1-3H3/b21-18-,23-20-,27-25-,32-28-. The van der Waals surface area contributed by atoms with Crippen LogP contribution in [0.2, 0.25) is 0 Å². The van der Waals surface area contributed by atoms with Crippen molar-refractivity contribution in [1.29, 1.82) is 0 Å². The fourth-order valence-electron chi connectivity index (χ4n) is 7.99. The van der Waals surface area contributed by atoms with E-state index < -0.39 is 6.10 Å². The summed E-state index contributed by atoms with van der Waals surface area (Å²) in [6.45, 7) is 6.60. The summed E-state index contributed by atoms with van der Waals surface area (Å²) in [6, 6.07) is 0. The number of carbonyl (C=O) groups excluding carboxylic acids is 3. The summed E-state index contributed by atoms with van der Waals surface area (Å²) < 4.78 is 16.8. The van der Waals surface area contributed by atoms with Gasteiger partial charge in [-0.15, -0.1) is 0 Å². The molecule has 0 aliphatic carbocycles. The zero-order chi connectivity index (χ0) is 47.2. The van der Waals surface area contributed by atoms with E-state index in [1.165, 1.54) is 161 Å². The second-order valence-corrected chi connectivity index (χ2v) is 18.8. The van der Waals surface area contributed by atoms with Gasteiger partial charge in [-0.3, -0.25) is 14.4 Å². The molecule has 65 heavy (non-hydrogen) atoms. The minimum atomic E-state index is -0.783. The Labute approximate surface area is 403 Å². The van der Waals surface area contributed by atoms with E-state index in [1.54, 1.807) is 0 Å². The van der Waals surface area contributed by atoms with Crippen LogP contribution in [0.1, 0.15) is 290 Å². The fourth-order valence-corrected chi connectivity index (χ4v) is 7.99. The summed E-state index contributed by atoms with van der Waals surface area (Å²) in [5.41, 5.74) is 0. The lowest BCUT2D eigenvalue weighted by molar-refractivity contribution is -0.167. The van der Waals surface area contributed by atoms with Gasteiger partial charge in [0.15, 0.2) is 6.10 Å². The molecule has 0 amide bonds. The predicted octanol–water partition coefficient (Wildman–Crippen LogP) is 18.7. The molecule has 0 aromatic heterocycles. The van der Waals surface area contributed by atoms with E-state index in [2.05, 4.69) is 69.4 Å². The first-order chi connectivity index (χ1) is 32.0. The third-order valence-corrected chi connectivity index (χ3v) is 12.3. The van der Waals surface area contributed by atoms with Crippen LogP contribution in [0.15, 0.2) is 48.6 Å². The van der Waals surface area contributed by atoms with Crippen LogP contribution < -0.4 is 0 Å². The van der Waals surface area contributed by atoms with Crippen LogP contribution in [0.3, 0.4) is 0 Å². The molecule has 378 valence electrons. The highest BCUT2D eigenvalue weighted by molar-refractivity contribution is 5.71. The molecule has 0 heterocycles. The van der Waals surface area contributed by atoms with Gasteiger partial charge < -0.3 is 14.2 Å². The van der Waals surface area contributed by atoms with E-state index in [4.69, 9.17) is 14.2 Å². The molecule has 1 unspecified atom stereocenters. The van der Waals surface area contributed by atoms with Gasteiger partial charge in [-0.2, -0.15) is 0 Å². The van der Waals surface area contributed by atoms with E-state index in [0.717, 1.165) is 89.9 Å². The van der Waals surface area contributed by atoms with Gasteiger partial charge in [0.1, 0.15) is 13.2 Å². The lowest BCUT2D eigenvalue weighted by Crippen LogP contribution is -2.30. The number of hydrogen-bond donors (Lipinski definition) is 0. The third kappa shape index (κ3) is 52.2. The van der Waals surface area contributed by atoms with Crippen molar-refractivity contribution in [1.82, 2.24) is 0 Å². The summed E-state index contributed by atoms with van der Waals surface area (Å²) in [4.78, 5) is 38.1. The number of carbonyl (C=O) groups is 3. The minimum absolute atomic E-state index is 0.0813. The van der Waals surface area contributed by atoms with E-state index in [9.17, 15) is 14.4 Å². The monoisotopic (exact) mass is 911 g/mol. The predicted molar refractivity (Wildman–Crippen MR) is 279 cm³/mol. The Morgan fingerprint density at radius 1 is 0.308 bits per heavy atom. The maximum Gasteiger partial charge on any atom is 0.306 e. The van der Waals surface area contributed by atoms with Crippen molar-refractivity contribution in [3.63, 3.8) is 0 Å². The van der Waals surface area contributed by atoms with E-state index in [0.29, 0.717) is 19.3 Å². The number of allylic oxidation sites excluding steroid dienone is 8. The molecule has 6 heteroatoms. The molecule has 6 nitrogen and oxygen atoms in total. The largest absolute Gasteiger partial charge is 0.462 e. The number of unbranched alkanes of at least 4 members (excludes halogenated alkanes) is 32. The van der Waals surface area contributed by atoms with Gasteiger partial charge >= 0.3 is 17.9 Å². The number of hydrogen-bond acceptors (Lipinski definition) is 6. The van der Waals surface area contributed by atoms with E-state index in [-0.39, 0.29) is 31.1 Å². The van der Waals surface area contributed by atoms with Gasteiger partial charge in [-0.05, 0) is 103 Å². The molecule has 0 bridgehead atoms. The van der Waals surface area contributed by atoms with Crippen molar-refractivity contribution in [2.24, 2.45) is 0 Å². The summed E-state index contributed by atoms with van der Waals surface area (Å²) in [7, 11) is 0. The zero-order valence-electron chi connectivity index (χ0n) is 43.3. The summed E-state index contributed by atoms with van der Waals surface area (Å²) in [5.74, 6) is -0.896. The van der Waals surface area contributed by atoms with Crippen molar-refractivity contribution in [3.05, 3.63) is 48.6 Å². The van der Waals surface area contributed by atoms with Gasteiger partial charge in [-0.1, -0.05) is 217 Å². The number of ether oxygens (including phenoxy) is 3. The quantitative estimate of drug-likeness (QED) is 0.0262. The lowest BCUT2D eigenvalue weighted by Gasteiger charge is -2.18. The van der Waals surface area contributed by atoms with Gasteiger partial charge in [0, 0.05) is 19.3 Å². The zero-order valence-corrected chi connectivity index (χ0v) is 43.3. The molecular formula is C59H106O6. The molecule has 0 spiro atoms. The summed E-state index contributed by atoms with van der Waals surface area (Å²) in [5, 5.41) is 0. The molecule has 0 aliphatic rings. The van der Waals surface area contributed by atoms with Crippen LogP contribution in [0.5, 0.6) is 0 Å². The van der Waals surface area contributed by atoms with Gasteiger partial charge in [0.2, 0.25) is 0 Å². The van der Waals surface area contributed by atoms with Crippen LogP contribution in [-0.4, -0.2) is 37.2 Å². The molecule has 0 saturated heterocycles. The Kier molecular flexibility index (Phi) is 51.8. The number of rotatable bonds is 51. The SMILES string of the molecule is CCCCC/C=C\CCCCCCCC(=O)OCC(COC(=O)CCCCCCCCCCC/C=C\CCCCCCCC)OC(=O)CCCCCCC/C=C\C/C=C\CCCCCC. The topological polar surface area (TPSA) is 78.9 Å². The molecule has 0 aromatic carbocycles. The Bertz CT molecular complexity index is 1140. The second-order valence-electron chi connectivity index (χ2n) is 18.8. The molecule has 0 fully saturated rings. The van der Waals surface area contributed by atoms with Crippen LogP contribution in [0, 0.1) is 0 Å². The van der Waals surface area contributed by atoms with Crippen molar-refractivity contribution < 1.29 is 28.6 Å². The molecule has 0 aliphatic heterocycles. The molecule has 0 N–H and O–H groups in total.